The number of nitrogens with zero attached hydrogens (tertiary/aromatic N) is 1. The summed E-state index contributed by atoms with van der Waals surface area (Å²) in [5.74, 6) is -0.462. The molecule has 0 amide bonds. The van der Waals surface area contributed by atoms with E-state index < -0.39 is 21.9 Å². The second-order valence-corrected chi connectivity index (χ2v) is 6.50. The number of β-amino-alcohol motifs (C(OH)–C–C–N with tert-alkyl or cyclic N) is 1. The van der Waals surface area contributed by atoms with Gasteiger partial charge in [-0.2, -0.15) is 0 Å². The molecule has 1 aliphatic rings. The van der Waals surface area contributed by atoms with Gasteiger partial charge in [-0.15, -0.1) is 0 Å². The number of anilines is 1. The highest BCUT2D eigenvalue weighted by atomic mass is 32.2. The second-order valence-electron chi connectivity index (χ2n) is 4.94. The van der Waals surface area contributed by atoms with Crippen LogP contribution in [-0.4, -0.2) is 32.7 Å². The monoisotopic (exact) mass is 288 g/mol. The summed E-state index contributed by atoms with van der Waals surface area (Å²) in [7, 11) is -3.90. The van der Waals surface area contributed by atoms with Crippen LogP contribution in [0.2, 0.25) is 0 Å². The van der Waals surface area contributed by atoms with Crippen molar-refractivity contribution in [2.75, 3.05) is 18.0 Å². The van der Waals surface area contributed by atoms with Gasteiger partial charge in [0.25, 0.3) is 0 Å². The Kier molecular flexibility index (Phi) is 3.80. The van der Waals surface area contributed by atoms with Crippen LogP contribution in [0.25, 0.3) is 0 Å². The zero-order valence-electron chi connectivity index (χ0n) is 10.6. The van der Waals surface area contributed by atoms with Crippen molar-refractivity contribution in [3.8, 4) is 0 Å². The number of primary sulfonamides is 1. The van der Waals surface area contributed by atoms with E-state index in [1.165, 1.54) is 12.1 Å². The number of piperidine rings is 1. The summed E-state index contributed by atoms with van der Waals surface area (Å²) in [4.78, 5) is 1.46. The van der Waals surface area contributed by atoms with E-state index in [-0.39, 0.29) is 10.8 Å². The van der Waals surface area contributed by atoms with Gasteiger partial charge in [0, 0.05) is 13.1 Å². The summed E-state index contributed by atoms with van der Waals surface area (Å²) in [5, 5.41) is 14.8. The highest BCUT2D eigenvalue weighted by molar-refractivity contribution is 7.89. The molecule has 2 unspecified atom stereocenters. The van der Waals surface area contributed by atoms with Crippen molar-refractivity contribution in [2.24, 2.45) is 11.1 Å². The first-order chi connectivity index (χ1) is 8.79. The standard InChI is InChI=1S/C12H17FN2O3S/c1-8-4-5-15(7-12(8)16)11-3-2-9(6-10(11)13)19(14,17)18/h2-3,6,8,12,16H,4-5,7H2,1H3,(H2,14,17,18). The van der Waals surface area contributed by atoms with E-state index in [1.54, 1.807) is 4.90 Å². The molecule has 5 nitrogen and oxygen atoms in total. The Morgan fingerprint density at radius 3 is 2.68 bits per heavy atom. The van der Waals surface area contributed by atoms with Gasteiger partial charge < -0.3 is 10.0 Å². The Morgan fingerprint density at radius 1 is 1.47 bits per heavy atom. The van der Waals surface area contributed by atoms with Crippen LogP contribution in [0, 0.1) is 11.7 Å². The predicted octanol–water partition coefficient (Wildman–Crippen LogP) is 0.680. The number of sulfonamides is 1. The van der Waals surface area contributed by atoms with Gasteiger partial charge in [-0.1, -0.05) is 6.92 Å². The lowest BCUT2D eigenvalue weighted by Crippen LogP contribution is -2.43. The topological polar surface area (TPSA) is 83.6 Å². The molecular formula is C12H17FN2O3S. The molecule has 0 bridgehead atoms. The summed E-state index contributed by atoms with van der Waals surface area (Å²) in [6, 6.07) is 3.57. The number of benzene rings is 1. The Morgan fingerprint density at radius 2 is 2.16 bits per heavy atom. The Labute approximate surface area is 111 Å². The van der Waals surface area contributed by atoms with Crippen molar-refractivity contribution in [3.05, 3.63) is 24.0 Å². The lowest BCUT2D eigenvalue weighted by molar-refractivity contribution is 0.102. The summed E-state index contributed by atoms with van der Waals surface area (Å²) in [6.07, 6.45) is 0.253. The van der Waals surface area contributed by atoms with Crippen molar-refractivity contribution in [2.45, 2.75) is 24.3 Å². The van der Waals surface area contributed by atoms with E-state index in [2.05, 4.69) is 0 Å². The van der Waals surface area contributed by atoms with Crippen LogP contribution in [0.5, 0.6) is 0 Å². The molecule has 0 radical (unpaired) electrons. The van der Waals surface area contributed by atoms with Gasteiger partial charge in [0.05, 0.1) is 16.7 Å². The normalized spacial score (nSPS) is 24.5. The van der Waals surface area contributed by atoms with E-state index in [0.717, 1.165) is 12.5 Å². The van der Waals surface area contributed by atoms with Gasteiger partial charge in [0.15, 0.2) is 0 Å². The van der Waals surface area contributed by atoms with Crippen LogP contribution in [0.3, 0.4) is 0 Å². The number of halogens is 1. The smallest absolute Gasteiger partial charge is 0.238 e. The fourth-order valence-corrected chi connectivity index (χ4v) is 2.71. The van der Waals surface area contributed by atoms with E-state index in [1.807, 2.05) is 6.92 Å². The van der Waals surface area contributed by atoms with Crippen molar-refractivity contribution in [1.29, 1.82) is 0 Å². The van der Waals surface area contributed by atoms with Crippen LogP contribution in [-0.2, 0) is 10.0 Å². The minimum Gasteiger partial charge on any atom is -0.391 e. The third-order valence-electron chi connectivity index (χ3n) is 3.51. The molecule has 1 fully saturated rings. The lowest BCUT2D eigenvalue weighted by Gasteiger charge is -2.36. The highest BCUT2D eigenvalue weighted by Gasteiger charge is 2.26. The molecule has 2 atom stereocenters. The second kappa shape index (κ2) is 5.07. The maximum atomic E-state index is 13.9. The summed E-state index contributed by atoms with van der Waals surface area (Å²) >= 11 is 0. The molecule has 7 heteroatoms. The fourth-order valence-electron chi connectivity index (χ4n) is 2.19. The van der Waals surface area contributed by atoms with Gasteiger partial charge >= 0.3 is 0 Å². The summed E-state index contributed by atoms with van der Waals surface area (Å²) in [5.41, 5.74) is 0.290. The van der Waals surface area contributed by atoms with Gasteiger partial charge in [0.2, 0.25) is 10.0 Å². The van der Waals surface area contributed by atoms with Crippen molar-refractivity contribution < 1.29 is 17.9 Å². The molecule has 0 spiro atoms. The Bertz CT molecular complexity index is 576. The molecule has 2 rings (SSSR count). The molecular weight excluding hydrogens is 271 g/mol. The summed E-state index contributed by atoms with van der Waals surface area (Å²) in [6.45, 7) is 2.92. The number of rotatable bonds is 2. The Balaban J connectivity index is 2.27. The molecule has 1 aromatic rings. The molecule has 1 saturated heterocycles. The molecule has 0 saturated carbocycles. The maximum absolute atomic E-state index is 13.9. The van der Waals surface area contributed by atoms with Gasteiger partial charge in [-0.05, 0) is 30.5 Å². The molecule has 1 aromatic carbocycles. The Hall–Kier alpha value is -1.18. The first-order valence-electron chi connectivity index (χ1n) is 6.04. The third kappa shape index (κ3) is 3.05. The summed E-state index contributed by atoms with van der Waals surface area (Å²) < 4.78 is 36.2. The minimum atomic E-state index is -3.90. The van der Waals surface area contributed by atoms with Crippen LogP contribution in [0.1, 0.15) is 13.3 Å². The molecule has 1 aliphatic heterocycles. The number of aliphatic hydroxyl groups is 1. The molecule has 106 valence electrons. The number of nitrogens with two attached hydrogens (primary N) is 1. The molecule has 0 aromatic heterocycles. The van der Waals surface area contributed by atoms with Crippen molar-refractivity contribution >= 4 is 15.7 Å². The van der Waals surface area contributed by atoms with E-state index in [4.69, 9.17) is 5.14 Å². The minimum absolute atomic E-state index is 0.183. The lowest BCUT2D eigenvalue weighted by atomic mass is 9.95. The van der Waals surface area contributed by atoms with E-state index >= 15 is 0 Å². The average molecular weight is 288 g/mol. The third-order valence-corrected chi connectivity index (χ3v) is 4.42. The van der Waals surface area contributed by atoms with Gasteiger partial charge in [-0.3, -0.25) is 0 Å². The SMILES string of the molecule is CC1CCN(c2ccc(S(N)(=O)=O)cc2F)CC1O. The first kappa shape index (κ1) is 14.2. The van der Waals surface area contributed by atoms with Crippen LogP contribution >= 0.6 is 0 Å². The number of aliphatic hydroxyl groups excluding tert-OH is 1. The van der Waals surface area contributed by atoms with Crippen LogP contribution in [0.15, 0.2) is 23.1 Å². The highest BCUT2D eigenvalue weighted by Crippen LogP contribution is 2.27. The zero-order chi connectivity index (χ0) is 14.2. The van der Waals surface area contributed by atoms with Gasteiger partial charge in [0.1, 0.15) is 5.82 Å². The molecule has 1 heterocycles. The molecule has 19 heavy (non-hydrogen) atoms. The van der Waals surface area contributed by atoms with E-state index in [9.17, 15) is 17.9 Å². The van der Waals surface area contributed by atoms with Crippen LogP contribution in [0.4, 0.5) is 10.1 Å². The zero-order valence-corrected chi connectivity index (χ0v) is 11.4. The maximum Gasteiger partial charge on any atom is 0.238 e. The fraction of sp³-hybridized carbons (Fsp3) is 0.500. The van der Waals surface area contributed by atoms with Crippen molar-refractivity contribution in [3.63, 3.8) is 0 Å². The molecule has 0 aliphatic carbocycles. The number of hydrogen-bond acceptors (Lipinski definition) is 4. The molecule has 3 N–H and O–H groups in total. The van der Waals surface area contributed by atoms with Gasteiger partial charge in [-0.25, -0.2) is 17.9 Å². The first-order valence-corrected chi connectivity index (χ1v) is 7.59. The van der Waals surface area contributed by atoms with E-state index in [0.29, 0.717) is 18.8 Å². The number of hydrogen-bond donors (Lipinski definition) is 2. The quantitative estimate of drug-likeness (QED) is 0.838. The van der Waals surface area contributed by atoms with Crippen molar-refractivity contribution in [1.82, 2.24) is 0 Å². The van der Waals surface area contributed by atoms with Crippen LogP contribution < -0.4 is 10.0 Å². The average Bonchev–Trinajstić information content (AvgIpc) is 2.31. The predicted molar refractivity (Wildman–Crippen MR) is 69.8 cm³/mol. The largest absolute Gasteiger partial charge is 0.391 e.